The number of rotatable bonds is 7. The van der Waals surface area contributed by atoms with E-state index < -0.39 is 6.04 Å². The lowest BCUT2D eigenvalue weighted by Crippen LogP contribution is -2.41. The summed E-state index contributed by atoms with van der Waals surface area (Å²) < 4.78 is 12.9. The number of hydrogen-bond donors (Lipinski definition) is 2. The van der Waals surface area contributed by atoms with Gasteiger partial charge in [0, 0.05) is 18.7 Å². The smallest absolute Gasteiger partial charge is 0.251 e. The maximum Gasteiger partial charge on any atom is 0.251 e. The normalized spacial score (nSPS) is 11.9. The van der Waals surface area contributed by atoms with Crippen LogP contribution in [0.4, 0.5) is 4.39 Å². The van der Waals surface area contributed by atoms with Crippen molar-refractivity contribution in [1.82, 2.24) is 15.5 Å². The highest BCUT2D eigenvalue weighted by molar-refractivity contribution is 5.94. The first-order valence-corrected chi connectivity index (χ1v) is 8.43. The minimum Gasteiger partial charge on any atom is -0.353 e. The summed E-state index contributed by atoms with van der Waals surface area (Å²) in [7, 11) is 3.71. The van der Waals surface area contributed by atoms with Gasteiger partial charge < -0.3 is 10.6 Å². The van der Waals surface area contributed by atoms with Gasteiger partial charge in [0.1, 0.15) is 11.9 Å². The van der Waals surface area contributed by atoms with E-state index in [1.54, 1.807) is 0 Å². The van der Waals surface area contributed by atoms with Crippen LogP contribution in [0.3, 0.4) is 0 Å². The molecule has 2 aromatic carbocycles. The van der Waals surface area contributed by atoms with E-state index in [1.807, 2.05) is 50.2 Å². The summed E-state index contributed by atoms with van der Waals surface area (Å²) in [6.07, 6.45) is 0. The van der Waals surface area contributed by atoms with Crippen molar-refractivity contribution in [1.29, 1.82) is 0 Å². The van der Waals surface area contributed by atoms with Gasteiger partial charge in [-0.3, -0.25) is 14.5 Å². The third-order valence-electron chi connectivity index (χ3n) is 4.06. The van der Waals surface area contributed by atoms with Crippen LogP contribution >= 0.6 is 0 Å². The molecule has 5 nitrogen and oxygen atoms in total. The van der Waals surface area contributed by atoms with Crippen molar-refractivity contribution in [3.63, 3.8) is 0 Å². The molecule has 0 aromatic heterocycles. The topological polar surface area (TPSA) is 61.4 Å². The van der Waals surface area contributed by atoms with Crippen LogP contribution in [-0.4, -0.2) is 43.9 Å². The maximum atomic E-state index is 12.9. The van der Waals surface area contributed by atoms with Gasteiger partial charge in [-0.25, -0.2) is 4.39 Å². The van der Waals surface area contributed by atoms with Gasteiger partial charge in [0.05, 0.1) is 0 Å². The first-order chi connectivity index (χ1) is 12.4. The summed E-state index contributed by atoms with van der Waals surface area (Å²) >= 11 is 0. The van der Waals surface area contributed by atoms with E-state index in [9.17, 15) is 14.0 Å². The van der Waals surface area contributed by atoms with E-state index in [2.05, 4.69) is 10.6 Å². The fourth-order valence-corrected chi connectivity index (χ4v) is 2.71. The van der Waals surface area contributed by atoms with Crippen LogP contribution in [0, 0.1) is 12.7 Å². The fraction of sp³-hybridized carbons (Fsp3) is 0.300. The summed E-state index contributed by atoms with van der Waals surface area (Å²) in [6.45, 7) is 2.57. The van der Waals surface area contributed by atoms with E-state index in [1.165, 1.54) is 24.3 Å². The Morgan fingerprint density at radius 3 is 2.23 bits per heavy atom. The number of amides is 2. The fourth-order valence-electron chi connectivity index (χ4n) is 2.71. The molecule has 2 rings (SSSR count). The molecule has 0 aliphatic carbocycles. The van der Waals surface area contributed by atoms with E-state index in [-0.39, 0.29) is 24.2 Å². The Morgan fingerprint density at radius 1 is 1.00 bits per heavy atom. The summed E-state index contributed by atoms with van der Waals surface area (Å²) in [4.78, 5) is 26.4. The molecule has 0 aliphatic heterocycles. The largest absolute Gasteiger partial charge is 0.353 e. The molecule has 0 aliphatic rings. The number of benzene rings is 2. The Balaban J connectivity index is 1.87. The molecule has 2 aromatic rings. The van der Waals surface area contributed by atoms with Gasteiger partial charge in [0.2, 0.25) is 5.91 Å². The highest BCUT2D eigenvalue weighted by atomic mass is 19.1. The first-order valence-electron chi connectivity index (χ1n) is 8.43. The number of aryl methyl sites for hydroxylation is 1. The second-order valence-corrected chi connectivity index (χ2v) is 6.28. The molecular formula is C20H24FN3O2. The predicted octanol–water partition coefficient (Wildman–Crippen LogP) is 2.28. The predicted molar refractivity (Wildman–Crippen MR) is 99.3 cm³/mol. The maximum absolute atomic E-state index is 12.9. The molecule has 1 atom stereocenters. The number of nitrogens with one attached hydrogen (secondary N) is 2. The van der Waals surface area contributed by atoms with Gasteiger partial charge >= 0.3 is 0 Å². The molecule has 0 heterocycles. The summed E-state index contributed by atoms with van der Waals surface area (Å²) in [6, 6.07) is 12.7. The van der Waals surface area contributed by atoms with Crippen molar-refractivity contribution in [2.45, 2.75) is 13.0 Å². The van der Waals surface area contributed by atoms with Gasteiger partial charge in [-0.15, -0.1) is 0 Å². The lowest BCUT2D eigenvalue weighted by Gasteiger charge is -2.25. The zero-order valence-electron chi connectivity index (χ0n) is 15.3. The van der Waals surface area contributed by atoms with Crippen LogP contribution in [0.1, 0.15) is 27.5 Å². The van der Waals surface area contributed by atoms with Crippen molar-refractivity contribution >= 4 is 11.8 Å². The zero-order valence-corrected chi connectivity index (χ0v) is 15.3. The van der Waals surface area contributed by atoms with Gasteiger partial charge in [-0.05, 0) is 56.4 Å². The Morgan fingerprint density at radius 2 is 1.62 bits per heavy atom. The highest BCUT2D eigenvalue weighted by Crippen LogP contribution is 2.21. The zero-order chi connectivity index (χ0) is 19.1. The number of hydrogen-bond acceptors (Lipinski definition) is 3. The van der Waals surface area contributed by atoms with Crippen LogP contribution in [0.5, 0.6) is 0 Å². The van der Waals surface area contributed by atoms with E-state index in [0.717, 1.165) is 11.1 Å². The number of nitrogens with zero attached hydrogens (tertiary/aromatic N) is 1. The van der Waals surface area contributed by atoms with Gasteiger partial charge in [-0.2, -0.15) is 0 Å². The van der Waals surface area contributed by atoms with Crippen molar-refractivity contribution < 1.29 is 14.0 Å². The molecular weight excluding hydrogens is 333 g/mol. The van der Waals surface area contributed by atoms with Crippen molar-refractivity contribution in [3.05, 3.63) is 71.0 Å². The Kier molecular flexibility index (Phi) is 6.86. The number of carbonyl (C=O) groups is 2. The van der Waals surface area contributed by atoms with Crippen LogP contribution in [0.25, 0.3) is 0 Å². The second-order valence-electron chi connectivity index (χ2n) is 6.28. The van der Waals surface area contributed by atoms with Gasteiger partial charge in [0.15, 0.2) is 0 Å². The monoisotopic (exact) mass is 357 g/mol. The van der Waals surface area contributed by atoms with Gasteiger partial charge in [0.25, 0.3) is 5.91 Å². The highest BCUT2D eigenvalue weighted by Gasteiger charge is 2.23. The van der Waals surface area contributed by atoms with Crippen molar-refractivity contribution in [2.75, 3.05) is 27.2 Å². The Hall–Kier alpha value is -2.73. The van der Waals surface area contributed by atoms with Crippen LogP contribution in [0.2, 0.25) is 0 Å². The van der Waals surface area contributed by atoms with Crippen LogP contribution in [0.15, 0.2) is 48.5 Å². The molecule has 0 saturated heterocycles. The van der Waals surface area contributed by atoms with E-state index >= 15 is 0 Å². The molecule has 26 heavy (non-hydrogen) atoms. The second kappa shape index (κ2) is 9.10. The average molecular weight is 357 g/mol. The molecule has 1 unspecified atom stereocenters. The Labute approximate surface area is 153 Å². The molecule has 0 bridgehead atoms. The van der Waals surface area contributed by atoms with E-state index in [4.69, 9.17) is 0 Å². The van der Waals surface area contributed by atoms with E-state index in [0.29, 0.717) is 12.1 Å². The summed E-state index contributed by atoms with van der Waals surface area (Å²) in [5.41, 5.74) is 2.38. The van der Waals surface area contributed by atoms with Crippen LogP contribution < -0.4 is 10.6 Å². The average Bonchev–Trinajstić information content (AvgIpc) is 2.60. The molecule has 138 valence electrons. The molecule has 0 saturated carbocycles. The summed E-state index contributed by atoms with van der Waals surface area (Å²) in [5.74, 6) is -0.817. The quantitative estimate of drug-likeness (QED) is 0.748. The van der Waals surface area contributed by atoms with Gasteiger partial charge in [-0.1, -0.05) is 24.3 Å². The standard InChI is InChI=1S/C20H24FN3O2/c1-14-6-4-5-7-17(14)18(24(2)3)20(26)23-13-12-22-19(25)15-8-10-16(21)11-9-15/h4-11,18H,12-13H2,1-3H3,(H,22,25)(H,23,26). The lowest BCUT2D eigenvalue weighted by molar-refractivity contribution is -0.125. The third kappa shape index (κ3) is 5.13. The van der Waals surface area contributed by atoms with Crippen LogP contribution in [-0.2, 0) is 4.79 Å². The molecule has 2 N–H and O–H groups in total. The molecule has 2 amide bonds. The SMILES string of the molecule is Cc1ccccc1C(C(=O)NCCNC(=O)c1ccc(F)cc1)N(C)C. The number of halogens is 1. The van der Waals surface area contributed by atoms with Crippen molar-refractivity contribution in [3.8, 4) is 0 Å². The lowest BCUT2D eigenvalue weighted by atomic mass is 10.00. The number of carbonyl (C=O) groups excluding carboxylic acids is 2. The minimum absolute atomic E-state index is 0.125. The molecule has 0 fully saturated rings. The Bertz CT molecular complexity index is 760. The summed E-state index contributed by atoms with van der Waals surface area (Å²) in [5, 5.41) is 5.55. The molecule has 0 radical (unpaired) electrons. The number of likely N-dealkylation sites (N-methyl/N-ethyl adjacent to an activating group) is 1. The van der Waals surface area contributed by atoms with Crippen molar-refractivity contribution in [2.24, 2.45) is 0 Å². The molecule has 0 spiro atoms. The minimum atomic E-state index is -0.399. The third-order valence-corrected chi connectivity index (χ3v) is 4.06. The first kappa shape index (κ1) is 19.6. The molecule has 6 heteroatoms.